The van der Waals surface area contributed by atoms with Crippen LogP contribution in [0.2, 0.25) is 0 Å². The van der Waals surface area contributed by atoms with Gasteiger partial charge >= 0.3 is 0 Å². The Bertz CT molecular complexity index is 1110. The van der Waals surface area contributed by atoms with Crippen LogP contribution in [0, 0.1) is 0 Å². The van der Waals surface area contributed by atoms with Crippen molar-refractivity contribution in [1.82, 2.24) is 15.1 Å². The van der Waals surface area contributed by atoms with E-state index < -0.39 is 0 Å². The highest BCUT2D eigenvalue weighted by molar-refractivity contribution is 6.04. The number of hydrogen-bond donors (Lipinski definition) is 1. The largest absolute Gasteiger partial charge is 0.493 e. The van der Waals surface area contributed by atoms with E-state index in [0.717, 1.165) is 24.8 Å². The van der Waals surface area contributed by atoms with Gasteiger partial charge in [-0.15, -0.1) is 0 Å². The molecule has 0 aliphatic carbocycles. The van der Waals surface area contributed by atoms with Gasteiger partial charge in [0.15, 0.2) is 17.2 Å². The van der Waals surface area contributed by atoms with Crippen molar-refractivity contribution in [3.63, 3.8) is 0 Å². The summed E-state index contributed by atoms with van der Waals surface area (Å²) in [5.41, 5.74) is 1.13. The van der Waals surface area contributed by atoms with E-state index in [9.17, 15) is 9.59 Å². The number of unbranched alkanes of at least 4 members (excludes halogenated alkanes) is 2. The highest BCUT2D eigenvalue weighted by Gasteiger charge is 2.16. The number of nitrogens with one attached hydrogen (secondary N) is 1. The fourth-order valence-corrected chi connectivity index (χ4v) is 3.51. The molecule has 0 aliphatic heterocycles. The fraction of sp³-hybridized carbons (Fsp3) is 0.375. The van der Waals surface area contributed by atoms with E-state index in [2.05, 4.69) is 17.3 Å². The minimum atomic E-state index is -0.291. The molecule has 31 heavy (non-hydrogen) atoms. The Morgan fingerprint density at radius 3 is 2.48 bits per heavy atom. The maximum absolute atomic E-state index is 12.9. The van der Waals surface area contributed by atoms with Gasteiger partial charge < -0.3 is 14.8 Å². The van der Waals surface area contributed by atoms with Gasteiger partial charge in [-0.25, -0.2) is 4.68 Å². The lowest BCUT2D eigenvalue weighted by molar-refractivity contribution is 0.0948. The number of ether oxygens (including phenoxy) is 2. The lowest BCUT2D eigenvalue weighted by Crippen LogP contribution is -2.31. The average Bonchev–Trinajstić information content (AvgIpc) is 2.80. The maximum Gasteiger partial charge on any atom is 0.274 e. The molecule has 1 amide bonds. The van der Waals surface area contributed by atoms with Gasteiger partial charge in [0.2, 0.25) is 0 Å². The number of nitrogens with zero attached hydrogens (tertiary/aromatic N) is 2. The number of carbonyl (C=O) groups is 1. The van der Waals surface area contributed by atoms with Crippen LogP contribution in [0.4, 0.5) is 0 Å². The number of amides is 1. The Labute approximate surface area is 182 Å². The number of carbonyl (C=O) groups excluding carboxylic acids is 1. The van der Waals surface area contributed by atoms with Crippen LogP contribution in [-0.4, -0.2) is 36.5 Å². The minimum absolute atomic E-state index is 0.159. The monoisotopic (exact) mass is 423 g/mol. The Morgan fingerprint density at radius 2 is 1.77 bits per heavy atom. The van der Waals surface area contributed by atoms with Crippen molar-refractivity contribution in [2.24, 2.45) is 0 Å². The van der Waals surface area contributed by atoms with Crippen molar-refractivity contribution in [3.05, 3.63) is 64.1 Å². The molecule has 0 bridgehead atoms. The first-order chi connectivity index (χ1) is 15.1. The zero-order chi connectivity index (χ0) is 22.2. The van der Waals surface area contributed by atoms with E-state index in [0.29, 0.717) is 41.8 Å². The third kappa shape index (κ3) is 5.23. The molecule has 0 unspecified atom stereocenters. The van der Waals surface area contributed by atoms with E-state index >= 15 is 0 Å². The summed E-state index contributed by atoms with van der Waals surface area (Å²) in [6, 6.07) is 12.8. The summed E-state index contributed by atoms with van der Waals surface area (Å²) < 4.78 is 12.0. The van der Waals surface area contributed by atoms with Crippen LogP contribution >= 0.6 is 0 Å². The standard InChI is InChI=1S/C24H29N3O4/c1-4-5-8-15-27-24(29)19-10-7-6-9-18(19)22(26-27)23(28)25-14-13-17-11-12-20(30-2)21(16-17)31-3/h6-7,9-12,16H,4-5,8,13-15H2,1-3H3,(H,25,28). The van der Waals surface area contributed by atoms with Crippen LogP contribution < -0.4 is 20.3 Å². The molecule has 3 rings (SSSR count). The molecule has 0 spiro atoms. The second kappa shape index (κ2) is 10.6. The van der Waals surface area contributed by atoms with Gasteiger partial charge in [0.05, 0.1) is 19.6 Å². The zero-order valence-corrected chi connectivity index (χ0v) is 18.3. The molecule has 0 saturated heterocycles. The zero-order valence-electron chi connectivity index (χ0n) is 18.3. The summed E-state index contributed by atoms with van der Waals surface area (Å²) in [4.78, 5) is 25.7. The van der Waals surface area contributed by atoms with Crippen LogP contribution in [0.3, 0.4) is 0 Å². The second-order valence-corrected chi connectivity index (χ2v) is 7.32. The van der Waals surface area contributed by atoms with Gasteiger partial charge in [-0.3, -0.25) is 9.59 Å². The van der Waals surface area contributed by atoms with E-state index in [1.807, 2.05) is 24.3 Å². The third-order valence-corrected chi connectivity index (χ3v) is 5.20. The Kier molecular flexibility index (Phi) is 7.65. The summed E-state index contributed by atoms with van der Waals surface area (Å²) in [7, 11) is 3.19. The number of fused-ring (bicyclic) bond motifs is 1. The summed E-state index contributed by atoms with van der Waals surface area (Å²) in [6.45, 7) is 3.04. The van der Waals surface area contributed by atoms with Gasteiger partial charge in [-0.2, -0.15) is 5.10 Å². The van der Waals surface area contributed by atoms with Crippen LogP contribution in [0.25, 0.3) is 10.8 Å². The van der Waals surface area contributed by atoms with Gasteiger partial charge in [-0.05, 0) is 36.6 Å². The van der Waals surface area contributed by atoms with Crippen molar-refractivity contribution >= 4 is 16.7 Å². The van der Waals surface area contributed by atoms with E-state index in [4.69, 9.17) is 9.47 Å². The number of rotatable bonds is 10. The topological polar surface area (TPSA) is 82.5 Å². The summed E-state index contributed by atoms with van der Waals surface area (Å²) >= 11 is 0. The molecular weight excluding hydrogens is 394 g/mol. The molecule has 1 heterocycles. The second-order valence-electron chi connectivity index (χ2n) is 7.32. The average molecular weight is 424 g/mol. The Balaban J connectivity index is 1.77. The minimum Gasteiger partial charge on any atom is -0.493 e. The summed E-state index contributed by atoms with van der Waals surface area (Å²) in [5.74, 6) is 1.02. The molecule has 0 fully saturated rings. The molecule has 0 aliphatic rings. The van der Waals surface area contributed by atoms with E-state index in [1.165, 1.54) is 4.68 Å². The number of methoxy groups -OCH3 is 2. The predicted molar refractivity (Wildman–Crippen MR) is 121 cm³/mol. The predicted octanol–water partition coefficient (Wildman–Crippen LogP) is 3.58. The summed E-state index contributed by atoms with van der Waals surface area (Å²) in [5, 5.41) is 8.42. The highest BCUT2D eigenvalue weighted by Crippen LogP contribution is 2.27. The van der Waals surface area contributed by atoms with Crippen molar-refractivity contribution in [2.75, 3.05) is 20.8 Å². The van der Waals surface area contributed by atoms with Gasteiger partial charge in [0, 0.05) is 18.5 Å². The maximum atomic E-state index is 12.9. The SMILES string of the molecule is CCCCCn1nc(C(=O)NCCc2ccc(OC)c(OC)c2)c2ccccc2c1=O. The quantitative estimate of drug-likeness (QED) is 0.504. The van der Waals surface area contributed by atoms with E-state index in [1.54, 1.807) is 32.4 Å². The molecule has 1 N–H and O–H groups in total. The molecular formula is C24H29N3O4. The van der Waals surface area contributed by atoms with Gasteiger partial charge in [-0.1, -0.05) is 44.0 Å². The number of hydrogen-bond acceptors (Lipinski definition) is 5. The smallest absolute Gasteiger partial charge is 0.274 e. The number of aryl methyl sites for hydroxylation is 1. The van der Waals surface area contributed by atoms with Crippen molar-refractivity contribution in [1.29, 1.82) is 0 Å². The van der Waals surface area contributed by atoms with Crippen molar-refractivity contribution in [2.45, 2.75) is 39.2 Å². The number of aromatic nitrogens is 2. The molecule has 0 atom stereocenters. The lowest BCUT2D eigenvalue weighted by Gasteiger charge is -2.12. The molecule has 164 valence electrons. The molecule has 1 aromatic heterocycles. The first kappa shape index (κ1) is 22.3. The van der Waals surface area contributed by atoms with Crippen LogP contribution in [0.1, 0.15) is 42.2 Å². The summed E-state index contributed by atoms with van der Waals surface area (Å²) in [6.07, 6.45) is 3.53. The number of benzene rings is 2. The van der Waals surface area contributed by atoms with Gasteiger partial charge in [0.1, 0.15) is 0 Å². The van der Waals surface area contributed by atoms with Gasteiger partial charge in [0.25, 0.3) is 11.5 Å². The van der Waals surface area contributed by atoms with E-state index in [-0.39, 0.29) is 17.2 Å². The van der Waals surface area contributed by atoms with Crippen molar-refractivity contribution in [3.8, 4) is 11.5 Å². The fourth-order valence-electron chi connectivity index (χ4n) is 3.51. The molecule has 0 radical (unpaired) electrons. The van der Waals surface area contributed by atoms with Crippen LogP contribution in [0.15, 0.2) is 47.3 Å². The van der Waals surface area contributed by atoms with Crippen LogP contribution in [0.5, 0.6) is 11.5 Å². The van der Waals surface area contributed by atoms with Crippen molar-refractivity contribution < 1.29 is 14.3 Å². The third-order valence-electron chi connectivity index (χ3n) is 5.20. The highest BCUT2D eigenvalue weighted by atomic mass is 16.5. The lowest BCUT2D eigenvalue weighted by atomic mass is 10.1. The normalized spacial score (nSPS) is 10.8. The Morgan fingerprint density at radius 1 is 1.03 bits per heavy atom. The molecule has 0 saturated carbocycles. The molecule has 2 aromatic carbocycles. The molecule has 7 heteroatoms. The first-order valence-electron chi connectivity index (χ1n) is 10.6. The molecule has 7 nitrogen and oxygen atoms in total. The Hall–Kier alpha value is -3.35. The molecule has 3 aromatic rings. The van der Waals surface area contributed by atoms with Crippen LogP contribution in [-0.2, 0) is 13.0 Å². The first-order valence-corrected chi connectivity index (χ1v) is 10.6.